The number of ether oxygens (including phenoxy) is 2. The van der Waals surface area contributed by atoms with Gasteiger partial charge in [0.25, 0.3) is 0 Å². The number of methoxy groups -OCH3 is 1. The summed E-state index contributed by atoms with van der Waals surface area (Å²) < 4.78 is 9.68. The largest absolute Gasteiger partial charge is 0.508 e. The van der Waals surface area contributed by atoms with Crippen LogP contribution in [0, 0.1) is 0 Å². The van der Waals surface area contributed by atoms with Gasteiger partial charge in [0.1, 0.15) is 11.5 Å². The molecule has 0 aliphatic carbocycles. The van der Waals surface area contributed by atoms with Crippen LogP contribution in [0.5, 0.6) is 5.75 Å². The van der Waals surface area contributed by atoms with Crippen molar-refractivity contribution >= 4 is 17.5 Å². The van der Waals surface area contributed by atoms with E-state index in [2.05, 4.69) is 4.74 Å². The third-order valence-electron chi connectivity index (χ3n) is 2.33. The van der Waals surface area contributed by atoms with E-state index in [4.69, 9.17) is 9.84 Å². The van der Waals surface area contributed by atoms with Gasteiger partial charge in [-0.05, 0) is 24.3 Å². The molecule has 0 spiro atoms. The van der Waals surface area contributed by atoms with E-state index in [9.17, 15) is 9.59 Å². The van der Waals surface area contributed by atoms with Crippen LogP contribution in [0.2, 0.25) is 0 Å². The molecule has 0 unspecified atom stereocenters. The van der Waals surface area contributed by atoms with Gasteiger partial charge in [-0.15, -0.1) is 0 Å². The van der Waals surface area contributed by atoms with Gasteiger partial charge in [-0.2, -0.15) is 0 Å². The van der Waals surface area contributed by atoms with Crippen LogP contribution in [0.1, 0.15) is 5.56 Å². The molecule has 1 aromatic rings. The first-order valence-electron chi connectivity index (χ1n) is 5.13. The summed E-state index contributed by atoms with van der Waals surface area (Å²) in [6.45, 7) is 0. The fourth-order valence-corrected chi connectivity index (χ4v) is 1.42. The van der Waals surface area contributed by atoms with E-state index in [0.29, 0.717) is 11.3 Å². The Balaban J connectivity index is 2.22. The van der Waals surface area contributed by atoms with Gasteiger partial charge in [-0.3, -0.25) is 4.79 Å². The molecule has 0 fully saturated rings. The maximum atomic E-state index is 11.5. The summed E-state index contributed by atoms with van der Waals surface area (Å²) in [4.78, 5) is 22.6. The minimum atomic E-state index is -0.654. The summed E-state index contributed by atoms with van der Waals surface area (Å²) in [5, 5.41) is 9.15. The molecule has 1 aliphatic heterocycles. The number of rotatable bonds is 2. The van der Waals surface area contributed by atoms with Gasteiger partial charge in [-0.25, -0.2) is 4.79 Å². The quantitative estimate of drug-likeness (QED) is 0.630. The molecule has 5 nitrogen and oxygen atoms in total. The van der Waals surface area contributed by atoms with E-state index >= 15 is 0 Å². The molecule has 1 N–H and O–H groups in total. The highest BCUT2D eigenvalue weighted by Gasteiger charge is 2.22. The van der Waals surface area contributed by atoms with Crippen molar-refractivity contribution in [3.8, 4) is 5.75 Å². The number of hydrogen-bond donors (Lipinski definition) is 1. The molecule has 0 radical (unpaired) electrons. The topological polar surface area (TPSA) is 72.8 Å². The van der Waals surface area contributed by atoms with Crippen molar-refractivity contribution in [1.82, 2.24) is 0 Å². The molecule has 1 heterocycles. The van der Waals surface area contributed by atoms with Crippen LogP contribution in [0.25, 0.3) is 5.76 Å². The molecule has 5 heteroatoms. The number of carbonyl (C=O) groups is 2. The van der Waals surface area contributed by atoms with Gasteiger partial charge in [0.15, 0.2) is 5.76 Å². The smallest absolute Gasteiger partial charge is 0.334 e. The summed E-state index contributed by atoms with van der Waals surface area (Å²) in [5.74, 6) is -0.684. The minimum Gasteiger partial charge on any atom is -0.508 e. The lowest BCUT2D eigenvalue weighted by Crippen LogP contribution is -2.01. The number of phenolic OH excluding ortho intramolecular Hbond substituents is 1. The lowest BCUT2D eigenvalue weighted by Gasteiger charge is -2.03. The van der Waals surface area contributed by atoms with Gasteiger partial charge in [0.05, 0.1) is 13.2 Å². The van der Waals surface area contributed by atoms with Crippen molar-refractivity contribution in [3.05, 3.63) is 47.7 Å². The van der Waals surface area contributed by atoms with Crippen LogP contribution in [0.3, 0.4) is 0 Å². The number of esters is 1. The van der Waals surface area contributed by atoms with Crippen LogP contribution in [0.4, 0.5) is 0 Å². The van der Waals surface area contributed by atoms with Gasteiger partial charge >= 0.3 is 5.97 Å². The van der Waals surface area contributed by atoms with E-state index in [0.717, 1.165) is 6.08 Å². The van der Waals surface area contributed by atoms with E-state index in [1.807, 2.05) is 0 Å². The van der Waals surface area contributed by atoms with E-state index in [1.54, 1.807) is 12.1 Å². The molecule has 1 aromatic carbocycles. The maximum absolute atomic E-state index is 11.5. The van der Waals surface area contributed by atoms with Gasteiger partial charge in [0.2, 0.25) is 5.78 Å². The summed E-state index contributed by atoms with van der Waals surface area (Å²) in [7, 11) is 1.22. The minimum absolute atomic E-state index is 0.0788. The molecule has 0 saturated carbocycles. The third kappa shape index (κ3) is 2.40. The summed E-state index contributed by atoms with van der Waals surface area (Å²) in [6, 6.07) is 6.17. The van der Waals surface area contributed by atoms with E-state index in [1.165, 1.54) is 25.3 Å². The molecule has 18 heavy (non-hydrogen) atoms. The molecular formula is C13H10O5. The van der Waals surface area contributed by atoms with Crippen molar-refractivity contribution in [2.75, 3.05) is 7.11 Å². The average Bonchev–Trinajstić information content (AvgIpc) is 2.71. The number of phenols is 1. The molecule has 0 atom stereocenters. The standard InChI is InChI=1S/C13H10O5/c1-17-13(16)7-12-10(15)6-11(18-12)8-2-4-9(14)5-3-8/h2-7,14H,1H3. The molecule has 2 rings (SSSR count). The SMILES string of the molecule is COC(=O)C=C1OC(c2ccc(O)cc2)=CC1=O. The van der Waals surface area contributed by atoms with Crippen molar-refractivity contribution in [2.24, 2.45) is 0 Å². The van der Waals surface area contributed by atoms with Gasteiger partial charge in [-0.1, -0.05) is 0 Å². The average molecular weight is 246 g/mol. The Labute approximate surface area is 103 Å². The Hall–Kier alpha value is -2.56. The zero-order valence-electron chi connectivity index (χ0n) is 9.54. The molecule has 92 valence electrons. The fraction of sp³-hybridized carbons (Fsp3) is 0.0769. The Bertz CT molecular complexity index is 551. The Morgan fingerprint density at radius 2 is 2.00 bits per heavy atom. The number of ketones is 1. The second-order valence-electron chi connectivity index (χ2n) is 3.55. The maximum Gasteiger partial charge on any atom is 0.334 e. The van der Waals surface area contributed by atoms with E-state index < -0.39 is 11.8 Å². The summed E-state index contributed by atoms with van der Waals surface area (Å²) >= 11 is 0. The number of hydrogen-bond acceptors (Lipinski definition) is 5. The van der Waals surface area contributed by atoms with Gasteiger partial charge < -0.3 is 14.6 Å². The second-order valence-corrected chi connectivity index (χ2v) is 3.55. The number of benzene rings is 1. The summed E-state index contributed by atoms with van der Waals surface area (Å²) in [5.41, 5.74) is 0.634. The monoisotopic (exact) mass is 246 g/mol. The summed E-state index contributed by atoms with van der Waals surface area (Å²) in [6.07, 6.45) is 2.27. The first-order chi connectivity index (χ1) is 8.60. The highest BCUT2D eigenvalue weighted by molar-refractivity contribution is 6.12. The van der Waals surface area contributed by atoms with Crippen molar-refractivity contribution in [3.63, 3.8) is 0 Å². The van der Waals surface area contributed by atoms with Crippen LogP contribution in [-0.4, -0.2) is 24.0 Å². The zero-order valence-corrected chi connectivity index (χ0v) is 9.54. The van der Waals surface area contributed by atoms with Crippen LogP contribution >= 0.6 is 0 Å². The number of carbonyl (C=O) groups excluding carboxylic acids is 2. The van der Waals surface area contributed by atoms with Crippen LogP contribution in [-0.2, 0) is 19.1 Å². The second kappa shape index (κ2) is 4.75. The van der Waals surface area contributed by atoms with Crippen molar-refractivity contribution < 1.29 is 24.2 Å². The third-order valence-corrected chi connectivity index (χ3v) is 2.33. The van der Waals surface area contributed by atoms with Crippen molar-refractivity contribution in [2.45, 2.75) is 0 Å². The molecule has 1 aliphatic rings. The van der Waals surface area contributed by atoms with Crippen LogP contribution < -0.4 is 0 Å². The molecule has 0 bridgehead atoms. The Morgan fingerprint density at radius 1 is 1.33 bits per heavy atom. The Morgan fingerprint density at radius 3 is 2.61 bits per heavy atom. The van der Waals surface area contributed by atoms with Gasteiger partial charge in [0, 0.05) is 11.6 Å². The highest BCUT2D eigenvalue weighted by Crippen LogP contribution is 2.27. The van der Waals surface area contributed by atoms with E-state index in [-0.39, 0.29) is 11.5 Å². The predicted molar refractivity (Wildman–Crippen MR) is 62.3 cm³/mol. The normalized spacial score (nSPS) is 16.4. The number of allylic oxidation sites excluding steroid dienone is 1. The first kappa shape index (κ1) is 11.9. The highest BCUT2D eigenvalue weighted by atomic mass is 16.5. The Kier molecular flexibility index (Phi) is 3.14. The van der Waals surface area contributed by atoms with Crippen LogP contribution in [0.15, 0.2) is 42.2 Å². The molecule has 0 amide bonds. The fourth-order valence-electron chi connectivity index (χ4n) is 1.42. The number of aromatic hydroxyl groups is 1. The molecule has 0 saturated heterocycles. The lowest BCUT2D eigenvalue weighted by atomic mass is 10.1. The molecule has 0 aromatic heterocycles. The first-order valence-corrected chi connectivity index (χ1v) is 5.13. The van der Waals surface area contributed by atoms with Crippen molar-refractivity contribution in [1.29, 1.82) is 0 Å². The lowest BCUT2D eigenvalue weighted by molar-refractivity contribution is -0.135. The zero-order chi connectivity index (χ0) is 13.1. The molecular weight excluding hydrogens is 236 g/mol. The predicted octanol–water partition coefficient (Wildman–Crippen LogP) is 1.39.